The molecule has 0 N–H and O–H groups in total. The fourth-order valence-corrected chi connectivity index (χ4v) is 6.45. The van der Waals surface area contributed by atoms with Crippen molar-refractivity contribution in [3.05, 3.63) is 0 Å². The van der Waals surface area contributed by atoms with E-state index in [0.29, 0.717) is 12.8 Å². The fraction of sp³-hybridized carbons (Fsp3) is 0.950. The second kappa shape index (κ2) is 31.9. The number of esters is 2. The molecular weight excluding hydrogens is 544 g/mol. The Kier molecular flexibility index (Phi) is 29.7. The summed E-state index contributed by atoms with van der Waals surface area (Å²) < 4.78 is 11.3. The molecule has 0 spiro atoms. The van der Waals surface area contributed by atoms with E-state index in [9.17, 15) is 9.59 Å². The lowest BCUT2D eigenvalue weighted by atomic mass is 9.91. The third-order valence-corrected chi connectivity index (χ3v) is 9.68. The Labute approximate surface area is 275 Å². The zero-order chi connectivity index (χ0) is 31.8. The van der Waals surface area contributed by atoms with Gasteiger partial charge in [-0.15, -0.1) is 0 Å². The zero-order valence-electron chi connectivity index (χ0n) is 29.8. The number of ether oxygens (including phenoxy) is 2. The molecule has 0 aromatic rings. The minimum absolute atomic E-state index is 0.118. The standard InChI is InChI=1S/C40H76O4/c1-3-5-7-9-11-13-15-17-19-21-23-25-27-29-31-33-39(41)43-37-35-36-38(37)44-40(42)34-32-30-28-26-24-22-20-18-16-14-12-10-8-6-4-2/h37-38H,3-36H2,1-2H3. The SMILES string of the molecule is CCCCCCCCCCCCCCCCCC(=O)OC1CCC1OC(=O)CCCCCCCCCCCCCCCCC. The number of carbonyl (C=O) groups excluding carboxylic acids is 2. The number of unbranched alkanes of at least 4 members (excludes halogenated alkanes) is 28. The predicted octanol–water partition coefficient (Wildman–Crippen LogP) is 13.1. The van der Waals surface area contributed by atoms with Crippen molar-refractivity contribution in [3.63, 3.8) is 0 Å². The highest BCUT2D eigenvalue weighted by Crippen LogP contribution is 2.28. The van der Waals surface area contributed by atoms with Crippen LogP contribution in [0.5, 0.6) is 0 Å². The van der Waals surface area contributed by atoms with Gasteiger partial charge in [-0.05, 0) is 25.7 Å². The van der Waals surface area contributed by atoms with E-state index in [2.05, 4.69) is 13.8 Å². The summed E-state index contributed by atoms with van der Waals surface area (Å²) in [5, 5.41) is 0. The van der Waals surface area contributed by atoms with Crippen LogP contribution in [-0.4, -0.2) is 24.1 Å². The molecule has 0 amide bonds. The Morgan fingerprint density at radius 1 is 0.364 bits per heavy atom. The van der Waals surface area contributed by atoms with Gasteiger partial charge in [0.1, 0.15) is 12.2 Å². The minimum atomic E-state index is -0.219. The van der Waals surface area contributed by atoms with Crippen LogP contribution in [0.4, 0.5) is 0 Å². The van der Waals surface area contributed by atoms with Crippen LogP contribution in [0, 0.1) is 0 Å². The third-order valence-electron chi connectivity index (χ3n) is 9.68. The lowest BCUT2D eigenvalue weighted by Crippen LogP contribution is -2.43. The highest BCUT2D eigenvalue weighted by atomic mass is 16.6. The van der Waals surface area contributed by atoms with Crippen LogP contribution >= 0.6 is 0 Å². The van der Waals surface area contributed by atoms with Gasteiger partial charge in [-0.3, -0.25) is 9.59 Å². The number of hydrogen-bond donors (Lipinski definition) is 0. The first-order chi connectivity index (χ1) is 21.7. The summed E-state index contributed by atoms with van der Waals surface area (Å²) in [5.41, 5.74) is 0. The summed E-state index contributed by atoms with van der Waals surface area (Å²) in [6, 6.07) is 0. The van der Waals surface area contributed by atoms with E-state index in [1.807, 2.05) is 0 Å². The van der Waals surface area contributed by atoms with Gasteiger partial charge in [0.2, 0.25) is 0 Å². The summed E-state index contributed by atoms with van der Waals surface area (Å²) in [5.74, 6) is -0.235. The van der Waals surface area contributed by atoms with Crippen molar-refractivity contribution in [2.75, 3.05) is 0 Å². The van der Waals surface area contributed by atoms with Crippen LogP contribution in [0.1, 0.15) is 232 Å². The van der Waals surface area contributed by atoms with Crippen LogP contribution < -0.4 is 0 Å². The Morgan fingerprint density at radius 2 is 0.568 bits per heavy atom. The maximum absolute atomic E-state index is 12.3. The van der Waals surface area contributed by atoms with E-state index < -0.39 is 0 Å². The van der Waals surface area contributed by atoms with Gasteiger partial charge in [-0.1, -0.05) is 194 Å². The largest absolute Gasteiger partial charge is 0.458 e. The second-order valence-electron chi connectivity index (χ2n) is 14.0. The lowest BCUT2D eigenvalue weighted by Gasteiger charge is -2.35. The molecule has 0 aliphatic heterocycles. The molecule has 0 saturated heterocycles. The van der Waals surface area contributed by atoms with E-state index in [1.54, 1.807) is 0 Å². The smallest absolute Gasteiger partial charge is 0.306 e. The van der Waals surface area contributed by atoms with Crippen LogP contribution in [0.15, 0.2) is 0 Å². The molecule has 1 aliphatic rings. The van der Waals surface area contributed by atoms with Gasteiger partial charge in [-0.25, -0.2) is 0 Å². The molecule has 0 heterocycles. The number of carbonyl (C=O) groups is 2. The molecule has 4 heteroatoms. The molecule has 2 atom stereocenters. The lowest BCUT2D eigenvalue weighted by molar-refractivity contribution is -0.181. The molecule has 1 aliphatic carbocycles. The van der Waals surface area contributed by atoms with Gasteiger partial charge in [-0.2, -0.15) is 0 Å². The molecule has 1 saturated carbocycles. The summed E-state index contributed by atoms with van der Waals surface area (Å²) >= 11 is 0. The molecule has 44 heavy (non-hydrogen) atoms. The Morgan fingerprint density at radius 3 is 0.773 bits per heavy atom. The van der Waals surface area contributed by atoms with Crippen molar-refractivity contribution in [1.29, 1.82) is 0 Å². The van der Waals surface area contributed by atoms with E-state index >= 15 is 0 Å². The molecule has 0 radical (unpaired) electrons. The Balaban J connectivity index is 1.84. The fourth-order valence-electron chi connectivity index (χ4n) is 6.45. The van der Waals surface area contributed by atoms with E-state index in [1.165, 1.54) is 167 Å². The van der Waals surface area contributed by atoms with Crippen molar-refractivity contribution in [3.8, 4) is 0 Å². The van der Waals surface area contributed by atoms with Gasteiger partial charge in [0.15, 0.2) is 0 Å². The van der Waals surface area contributed by atoms with Gasteiger partial charge in [0.05, 0.1) is 0 Å². The molecule has 0 aromatic carbocycles. The maximum Gasteiger partial charge on any atom is 0.306 e. The highest BCUT2D eigenvalue weighted by molar-refractivity contribution is 5.70. The third kappa shape index (κ3) is 26.2. The minimum Gasteiger partial charge on any atom is -0.458 e. The quantitative estimate of drug-likeness (QED) is 0.0530. The summed E-state index contributed by atoms with van der Waals surface area (Å²) in [4.78, 5) is 24.6. The zero-order valence-corrected chi connectivity index (χ0v) is 29.8. The molecule has 0 bridgehead atoms. The molecule has 1 rings (SSSR count). The first kappa shape index (κ1) is 41.0. The highest BCUT2D eigenvalue weighted by Gasteiger charge is 2.37. The van der Waals surface area contributed by atoms with Crippen molar-refractivity contribution in [2.45, 2.75) is 244 Å². The van der Waals surface area contributed by atoms with Crippen molar-refractivity contribution >= 4 is 11.9 Å². The van der Waals surface area contributed by atoms with E-state index in [-0.39, 0.29) is 24.1 Å². The summed E-state index contributed by atoms with van der Waals surface area (Å²) in [7, 11) is 0. The Hall–Kier alpha value is -1.06. The average molecular weight is 621 g/mol. The predicted molar refractivity (Wildman–Crippen MR) is 188 cm³/mol. The van der Waals surface area contributed by atoms with Gasteiger partial charge in [0, 0.05) is 12.8 Å². The van der Waals surface area contributed by atoms with Crippen LogP contribution in [-0.2, 0) is 19.1 Å². The second-order valence-corrected chi connectivity index (χ2v) is 14.0. The van der Waals surface area contributed by atoms with E-state index in [4.69, 9.17) is 9.47 Å². The number of rotatable bonds is 34. The average Bonchev–Trinajstić information content (AvgIpc) is 3.02. The first-order valence-corrected chi connectivity index (χ1v) is 20.1. The maximum atomic E-state index is 12.3. The van der Waals surface area contributed by atoms with Crippen LogP contribution in [0.3, 0.4) is 0 Å². The topological polar surface area (TPSA) is 52.6 Å². The van der Waals surface area contributed by atoms with Crippen molar-refractivity contribution in [2.24, 2.45) is 0 Å². The summed E-state index contributed by atoms with van der Waals surface area (Å²) in [6.07, 6.45) is 41.9. The molecule has 0 aromatic heterocycles. The van der Waals surface area contributed by atoms with Crippen molar-refractivity contribution < 1.29 is 19.1 Å². The van der Waals surface area contributed by atoms with Crippen LogP contribution in [0.2, 0.25) is 0 Å². The molecule has 2 unspecified atom stereocenters. The molecule has 260 valence electrons. The van der Waals surface area contributed by atoms with E-state index in [0.717, 1.165) is 38.5 Å². The normalized spacial score (nSPS) is 16.1. The first-order valence-electron chi connectivity index (χ1n) is 20.1. The summed E-state index contributed by atoms with van der Waals surface area (Å²) in [6.45, 7) is 4.56. The molecular formula is C40H76O4. The van der Waals surface area contributed by atoms with Gasteiger partial charge in [0.25, 0.3) is 0 Å². The van der Waals surface area contributed by atoms with Crippen LogP contribution in [0.25, 0.3) is 0 Å². The monoisotopic (exact) mass is 621 g/mol. The Bertz CT molecular complexity index is 579. The number of hydrogen-bond acceptors (Lipinski definition) is 4. The molecule has 4 nitrogen and oxygen atoms in total. The van der Waals surface area contributed by atoms with Gasteiger partial charge < -0.3 is 9.47 Å². The van der Waals surface area contributed by atoms with Crippen molar-refractivity contribution in [1.82, 2.24) is 0 Å². The van der Waals surface area contributed by atoms with Gasteiger partial charge >= 0.3 is 11.9 Å². The molecule has 1 fully saturated rings.